The van der Waals surface area contributed by atoms with E-state index in [1.54, 1.807) is 36.4 Å². The van der Waals surface area contributed by atoms with Crippen LogP contribution < -0.4 is 10.6 Å². The third-order valence-electron chi connectivity index (χ3n) is 4.41. The van der Waals surface area contributed by atoms with Gasteiger partial charge in [-0.05, 0) is 60.7 Å². The molecule has 3 aromatic rings. The summed E-state index contributed by atoms with van der Waals surface area (Å²) in [5.41, 5.74) is 8.30. The van der Waals surface area contributed by atoms with E-state index in [1.807, 2.05) is 42.5 Å². The van der Waals surface area contributed by atoms with Crippen molar-refractivity contribution in [3.8, 4) is 0 Å². The van der Waals surface area contributed by atoms with Crippen LogP contribution in [0.2, 0.25) is 0 Å². The summed E-state index contributed by atoms with van der Waals surface area (Å²) in [4.78, 5) is 27.4. The number of hydrogen-bond acceptors (Lipinski definition) is 6. The van der Waals surface area contributed by atoms with E-state index in [1.165, 1.54) is 16.7 Å². The first-order valence-electron chi connectivity index (χ1n) is 9.06. The summed E-state index contributed by atoms with van der Waals surface area (Å²) < 4.78 is 0. The molecule has 6 nitrogen and oxygen atoms in total. The topological polar surface area (TPSA) is 88.1 Å². The number of nitrogens with zero attached hydrogens (tertiary/aromatic N) is 3. The summed E-state index contributed by atoms with van der Waals surface area (Å²) in [7, 11) is 0. The van der Waals surface area contributed by atoms with Gasteiger partial charge in [0, 0.05) is 17.0 Å². The van der Waals surface area contributed by atoms with Crippen molar-refractivity contribution >= 4 is 46.3 Å². The van der Waals surface area contributed by atoms with Gasteiger partial charge in [0.1, 0.15) is 0 Å². The van der Waals surface area contributed by atoms with Gasteiger partial charge in [-0.2, -0.15) is 10.2 Å². The van der Waals surface area contributed by atoms with Crippen LogP contribution in [0.25, 0.3) is 0 Å². The molecule has 0 spiro atoms. The van der Waals surface area contributed by atoms with Crippen molar-refractivity contribution in [1.82, 2.24) is 0 Å². The molecular weight excluding hydrogens is 384 g/mol. The lowest BCUT2D eigenvalue weighted by atomic mass is 10.2. The van der Waals surface area contributed by atoms with Gasteiger partial charge in [0.25, 0.3) is 0 Å². The molecule has 0 radical (unpaired) electrons. The zero-order valence-corrected chi connectivity index (χ0v) is 16.3. The number of benzene rings is 3. The largest absolute Gasteiger partial charge is 0.399 e. The molecule has 0 saturated carbocycles. The maximum absolute atomic E-state index is 12.8. The smallest absolute Gasteiger partial charge is 0.247 e. The van der Waals surface area contributed by atoms with Crippen LogP contribution in [0.4, 0.5) is 22.7 Å². The summed E-state index contributed by atoms with van der Waals surface area (Å²) >= 11 is 1.38. The predicted molar refractivity (Wildman–Crippen MR) is 115 cm³/mol. The second kappa shape index (κ2) is 8.28. The fraction of sp³-hybridized carbons (Fsp3) is 0.0909. The number of hydrogen-bond donors (Lipinski definition) is 1. The normalized spacial score (nSPS) is 16.7. The molecule has 144 valence electrons. The quantitative estimate of drug-likeness (QED) is 0.365. The first kappa shape index (κ1) is 18.9. The Bertz CT molecular complexity index is 1050. The molecule has 1 aliphatic heterocycles. The number of anilines is 2. The molecule has 29 heavy (non-hydrogen) atoms. The molecule has 1 aliphatic rings. The maximum atomic E-state index is 12.8. The van der Waals surface area contributed by atoms with Gasteiger partial charge in [-0.1, -0.05) is 18.2 Å². The van der Waals surface area contributed by atoms with Crippen molar-refractivity contribution in [2.45, 2.75) is 16.6 Å². The summed E-state index contributed by atoms with van der Waals surface area (Å²) in [5.74, 6) is -0.419. The second-order valence-corrected chi connectivity index (χ2v) is 7.78. The highest BCUT2D eigenvalue weighted by Gasteiger charge is 2.40. The van der Waals surface area contributed by atoms with Gasteiger partial charge in [-0.25, -0.2) is 4.90 Å². The molecular formula is C22H18N4O2S. The van der Waals surface area contributed by atoms with E-state index >= 15 is 0 Å². The molecule has 1 heterocycles. The number of carbonyl (C=O) groups excluding carboxylic acids is 2. The van der Waals surface area contributed by atoms with Crippen molar-refractivity contribution < 1.29 is 9.59 Å². The van der Waals surface area contributed by atoms with Crippen molar-refractivity contribution in [3.63, 3.8) is 0 Å². The average Bonchev–Trinajstić information content (AvgIpc) is 3.02. The van der Waals surface area contributed by atoms with Crippen LogP contribution in [-0.4, -0.2) is 17.1 Å². The lowest BCUT2D eigenvalue weighted by Gasteiger charge is -2.15. The van der Waals surface area contributed by atoms with Crippen LogP contribution in [0.1, 0.15) is 6.42 Å². The number of rotatable bonds is 5. The fourth-order valence-electron chi connectivity index (χ4n) is 2.96. The SMILES string of the molecule is Nc1ccc(SC2CC(=O)N(c3ccc(N=Nc4ccccc4)cc3)C2=O)cc1. The highest BCUT2D eigenvalue weighted by Crippen LogP contribution is 2.34. The van der Waals surface area contributed by atoms with Crippen LogP contribution in [0.15, 0.2) is 94.0 Å². The van der Waals surface area contributed by atoms with Crippen molar-refractivity contribution in [2.75, 3.05) is 10.6 Å². The van der Waals surface area contributed by atoms with E-state index in [4.69, 9.17) is 5.73 Å². The van der Waals surface area contributed by atoms with E-state index in [0.717, 1.165) is 10.6 Å². The Labute approximate surface area is 172 Å². The van der Waals surface area contributed by atoms with Crippen molar-refractivity contribution in [2.24, 2.45) is 10.2 Å². The lowest BCUT2D eigenvalue weighted by Crippen LogP contribution is -2.30. The number of thioether (sulfide) groups is 1. The highest BCUT2D eigenvalue weighted by atomic mass is 32.2. The van der Waals surface area contributed by atoms with Crippen molar-refractivity contribution in [3.05, 3.63) is 78.9 Å². The van der Waals surface area contributed by atoms with E-state index in [0.29, 0.717) is 17.1 Å². The van der Waals surface area contributed by atoms with Gasteiger partial charge in [0.2, 0.25) is 11.8 Å². The number of nitrogens with two attached hydrogens (primary N) is 1. The van der Waals surface area contributed by atoms with E-state index in [-0.39, 0.29) is 18.2 Å². The minimum Gasteiger partial charge on any atom is -0.399 e. The van der Waals surface area contributed by atoms with Gasteiger partial charge in [-0.15, -0.1) is 11.8 Å². The minimum atomic E-state index is -0.441. The maximum Gasteiger partial charge on any atom is 0.247 e. The molecule has 1 atom stereocenters. The number of azo groups is 1. The number of carbonyl (C=O) groups is 2. The molecule has 1 fully saturated rings. The molecule has 0 aliphatic carbocycles. The Kier molecular flexibility index (Phi) is 5.39. The van der Waals surface area contributed by atoms with Crippen LogP contribution in [0.5, 0.6) is 0 Å². The van der Waals surface area contributed by atoms with Crippen LogP contribution in [-0.2, 0) is 9.59 Å². The molecule has 2 amide bonds. The zero-order chi connectivity index (χ0) is 20.2. The molecule has 2 N–H and O–H groups in total. The molecule has 0 aromatic heterocycles. The highest BCUT2D eigenvalue weighted by molar-refractivity contribution is 8.00. The molecule has 1 unspecified atom stereocenters. The van der Waals surface area contributed by atoms with Gasteiger partial charge < -0.3 is 5.73 Å². The monoisotopic (exact) mass is 402 g/mol. The first-order valence-corrected chi connectivity index (χ1v) is 9.94. The summed E-state index contributed by atoms with van der Waals surface area (Å²) in [6.07, 6.45) is 0.170. The number of imide groups is 1. The van der Waals surface area contributed by atoms with Gasteiger partial charge >= 0.3 is 0 Å². The summed E-state index contributed by atoms with van der Waals surface area (Å²) in [6, 6.07) is 23.6. The third-order valence-corrected chi connectivity index (χ3v) is 5.61. The minimum absolute atomic E-state index is 0.170. The van der Waals surface area contributed by atoms with Gasteiger partial charge in [0.05, 0.1) is 22.3 Å². The summed E-state index contributed by atoms with van der Waals surface area (Å²) in [5, 5.41) is 7.91. The van der Waals surface area contributed by atoms with Crippen LogP contribution >= 0.6 is 11.8 Å². The lowest BCUT2D eigenvalue weighted by molar-refractivity contribution is -0.121. The predicted octanol–water partition coefficient (Wildman–Crippen LogP) is 5.11. The Hall–Kier alpha value is -3.45. The Morgan fingerprint density at radius 1 is 0.828 bits per heavy atom. The molecule has 7 heteroatoms. The van der Waals surface area contributed by atoms with Crippen molar-refractivity contribution in [1.29, 1.82) is 0 Å². The number of amides is 2. The molecule has 3 aromatic carbocycles. The fourth-order valence-corrected chi connectivity index (χ4v) is 4.01. The molecule has 0 bridgehead atoms. The first-order chi connectivity index (χ1) is 14.1. The zero-order valence-electron chi connectivity index (χ0n) is 15.4. The average molecular weight is 402 g/mol. The van der Waals surface area contributed by atoms with Crippen LogP contribution in [0, 0.1) is 0 Å². The Balaban J connectivity index is 1.46. The van der Waals surface area contributed by atoms with E-state index in [9.17, 15) is 9.59 Å². The molecule has 4 rings (SSSR count). The number of nitrogen functional groups attached to an aromatic ring is 1. The summed E-state index contributed by atoms with van der Waals surface area (Å²) in [6.45, 7) is 0. The van der Waals surface area contributed by atoms with E-state index < -0.39 is 5.25 Å². The standard InChI is InChI=1S/C22H18N4O2S/c23-15-6-12-19(13-7-15)29-20-14-21(27)26(22(20)28)18-10-8-17(9-11-18)25-24-16-4-2-1-3-5-16/h1-13,20H,14,23H2. The van der Waals surface area contributed by atoms with Gasteiger partial charge in [-0.3, -0.25) is 9.59 Å². The third kappa shape index (κ3) is 4.35. The van der Waals surface area contributed by atoms with Crippen LogP contribution in [0.3, 0.4) is 0 Å². The Morgan fingerprint density at radius 3 is 2.10 bits per heavy atom. The second-order valence-electron chi connectivity index (χ2n) is 6.50. The molecule has 1 saturated heterocycles. The Morgan fingerprint density at radius 2 is 1.45 bits per heavy atom. The van der Waals surface area contributed by atoms with Gasteiger partial charge in [0.15, 0.2) is 0 Å². The van der Waals surface area contributed by atoms with E-state index in [2.05, 4.69) is 10.2 Å².